The van der Waals surface area contributed by atoms with Gasteiger partial charge in [-0.15, -0.1) is 0 Å². The van der Waals surface area contributed by atoms with E-state index in [0.717, 1.165) is 5.56 Å². The monoisotopic (exact) mass is 343 g/mol. The molecule has 0 aliphatic carbocycles. The number of hydrogen-bond acceptors (Lipinski definition) is 3. The third kappa shape index (κ3) is 4.52. The first-order chi connectivity index (χ1) is 9.11. The number of ether oxygens (including phenoxy) is 1. The van der Waals surface area contributed by atoms with Crippen LogP contribution in [0.5, 0.6) is 0 Å². The minimum absolute atomic E-state index is 0.505. The summed E-state index contributed by atoms with van der Waals surface area (Å²) >= 11 is 3.31. The summed E-state index contributed by atoms with van der Waals surface area (Å²) in [6, 6.07) is 4.15. The molecule has 1 aromatic carbocycles. The molecule has 2 N–H and O–H groups in total. The van der Waals surface area contributed by atoms with Gasteiger partial charge in [0, 0.05) is 10.0 Å². The van der Waals surface area contributed by atoms with Crippen molar-refractivity contribution in [2.45, 2.75) is 39.3 Å². The molecule has 0 aliphatic rings. The van der Waals surface area contributed by atoms with Gasteiger partial charge in [-0.05, 0) is 39.3 Å². The Kier molecular flexibility index (Phi) is 5.16. The zero-order chi connectivity index (χ0) is 15.5. The number of amides is 1. The third-order valence-electron chi connectivity index (χ3n) is 2.47. The summed E-state index contributed by atoms with van der Waals surface area (Å²) < 4.78 is 5.72. The minimum Gasteiger partial charge on any atom is -0.479 e. The number of aliphatic carboxylic acids is 1. The Hall–Kier alpha value is -1.56. The van der Waals surface area contributed by atoms with Crippen LogP contribution in [0, 0.1) is 6.92 Å². The quantitative estimate of drug-likeness (QED) is 0.881. The molecule has 0 fully saturated rings. The highest BCUT2D eigenvalue weighted by Crippen LogP contribution is 2.27. The zero-order valence-electron chi connectivity index (χ0n) is 11.9. The molecule has 1 atom stereocenters. The number of aryl methyl sites for hydroxylation is 1. The van der Waals surface area contributed by atoms with Crippen molar-refractivity contribution in [1.29, 1.82) is 0 Å². The Morgan fingerprint density at radius 3 is 2.40 bits per heavy atom. The van der Waals surface area contributed by atoms with Gasteiger partial charge in [0.15, 0.2) is 6.04 Å². The lowest BCUT2D eigenvalue weighted by atomic mass is 10.0. The summed E-state index contributed by atoms with van der Waals surface area (Å²) in [5, 5.41) is 11.7. The molecule has 0 aliphatic heterocycles. The number of benzene rings is 1. The summed E-state index contributed by atoms with van der Waals surface area (Å²) in [5.41, 5.74) is 0.588. The molecule has 1 unspecified atom stereocenters. The molecule has 0 heterocycles. The highest BCUT2D eigenvalue weighted by atomic mass is 79.9. The van der Waals surface area contributed by atoms with Gasteiger partial charge in [0.2, 0.25) is 0 Å². The number of carboxylic acids is 1. The van der Waals surface area contributed by atoms with E-state index in [9.17, 15) is 14.7 Å². The van der Waals surface area contributed by atoms with Gasteiger partial charge in [0.25, 0.3) is 0 Å². The largest absolute Gasteiger partial charge is 0.479 e. The van der Waals surface area contributed by atoms with E-state index in [1.807, 2.05) is 0 Å². The van der Waals surface area contributed by atoms with Gasteiger partial charge < -0.3 is 15.2 Å². The van der Waals surface area contributed by atoms with E-state index >= 15 is 0 Å². The molecule has 0 radical (unpaired) electrons. The van der Waals surface area contributed by atoms with Crippen molar-refractivity contribution < 1.29 is 19.4 Å². The van der Waals surface area contributed by atoms with Gasteiger partial charge in [-0.25, -0.2) is 9.59 Å². The maximum absolute atomic E-state index is 11.8. The number of rotatable bonds is 3. The molecule has 1 aromatic rings. The highest BCUT2D eigenvalue weighted by molar-refractivity contribution is 9.10. The number of alkyl carbamates (subject to hydrolysis) is 1. The number of nitrogens with one attached hydrogen (secondary N) is 1. The van der Waals surface area contributed by atoms with Crippen molar-refractivity contribution in [3.05, 3.63) is 33.8 Å². The topological polar surface area (TPSA) is 75.6 Å². The lowest BCUT2D eigenvalue weighted by Gasteiger charge is -2.23. The van der Waals surface area contributed by atoms with Crippen LogP contribution in [0.25, 0.3) is 0 Å². The van der Waals surface area contributed by atoms with Crippen molar-refractivity contribution in [3.63, 3.8) is 0 Å². The predicted octanol–water partition coefficient (Wildman–Crippen LogP) is 3.41. The molecule has 20 heavy (non-hydrogen) atoms. The Labute approximate surface area is 126 Å². The Bertz CT molecular complexity index is 502. The first-order valence-electron chi connectivity index (χ1n) is 6.09. The number of halogens is 1. The van der Waals surface area contributed by atoms with Crippen LogP contribution in [0.3, 0.4) is 0 Å². The summed E-state index contributed by atoms with van der Waals surface area (Å²) in [6.07, 6.45) is -0.764. The van der Waals surface area contributed by atoms with Crippen LogP contribution in [0.4, 0.5) is 4.79 Å². The van der Waals surface area contributed by atoms with Crippen molar-refractivity contribution in [2.24, 2.45) is 0 Å². The zero-order valence-corrected chi connectivity index (χ0v) is 13.4. The Balaban J connectivity index is 3.02. The smallest absolute Gasteiger partial charge is 0.408 e. The van der Waals surface area contributed by atoms with Crippen LogP contribution in [-0.4, -0.2) is 22.8 Å². The van der Waals surface area contributed by atoms with Gasteiger partial charge in [-0.1, -0.05) is 28.1 Å². The van der Waals surface area contributed by atoms with Gasteiger partial charge in [-0.3, -0.25) is 0 Å². The van der Waals surface area contributed by atoms with Gasteiger partial charge >= 0.3 is 12.1 Å². The fraction of sp³-hybridized carbons (Fsp3) is 0.429. The van der Waals surface area contributed by atoms with Gasteiger partial charge in [0.1, 0.15) is 5.60 Å². The van der Waals surface area contributed by atoms with Gasteiger partial charge in [-0.2, -0.15) is 0 Å². The second-order valence-corrected chi connectivity index (χ2v) is 6.24. The van der Waals surface area contributed by atoms with Crippen LogP contribution < -0.4 is 5.32 Å². The fourth-order valence-corrected chi connectivity index (χ4v) is 2.39. The minimum atomic E-state index is -1.17. The average molecular weight is 344 g/mol. The summed E-state index contributed by atoms with van der Waals surface area (Å²) in [4.78, 5) is 23.2. The van der Waals surface area contributed by atoms with E-state index in [4.69, 9.17) is 4.74 Å². The summed E-state index contributed by atoms with van der Waals surface area (Å²) in [6.45, 7) is 6.93. The van der Waals surface area contributed by atoms with Crippen LogP contribution in [-0.2, 0) is 9.53 Å². The number of hydrogen-bond donors (Lipinski definition) is 2. The summed E-state index contributed by atoms with van der Waals surface area (Å²) in [5.74, 6) is -1.15. The predicted molar refractivity (Wildman–Crippen MR) is 78.6 cm³/mol. The molecule has 5 nitrogen and oxygen atoms in total. The van der Waals surface area contributed by atoms with Crippen molar-refractivity contribution in [2.75, 3.05) is 0 Å². The van der Waals surface area contributed by atoms with Crippen LogP contribution >= 0.6 is 15.9 Å². The molecule has 0 spiro atoms. The second-order valence-electron chi connectivity index (χ2n) is 5.39. The van der Waals surface area contributed by atoms with E-state index in [0.29, 0.717) is 10.0 Å². The van der Waals surface area contributed by atoms with Crippen LogP contribution in [0.1, 0.15) is 37.9 Å². The first-order valence-corrected chi connectivity index (χ1v) is 6.88. The molecule has 1 rings (SSSR count). The van der Waals surface area contributed by atoms with E-state index < -0.39 is 23.7 Å². The SMILES string of the molecule is Cc1cccc(Br)c1C(NC(=O)OC(C)(C)C)C(=O)O. The molecule has 0 saturated heterocycles. The molecular formula is C14H18BrNO4. The number of carbonyl (C=O) groups is 2. The Morgan fingerprint density at radius 1 is 1.35 bits per heavy atom. The van der Waals surface area contributed by atoms with E-state index in [1.54, 1.807) is 45.9 Å². The molecule has 0 bridgehead atoms. The van der Waals surface area contributed by atoms with E-state index in [1.165, 1.54) is 0 Å². The molecule has 0 saturated carbocycles. The highest BCUT2D eigenvalue weighted by Gasteiger charge is 2.28. The van der Waals surface area contributed by atoms with Crippen LogP contribution in [0.15, 0.2) is 22.7 Å². The lowest BCUT2D eigenvalue weighted by molar-refractivity contribution is -0.139. The number of carboxylic acid groups (broad SMARTS) is 1. The number of carbonyl (C=O) groups excluding carboxylic acids is 1. The maximum Gasteiger partial charge on any atom is 0.408 e. The maximum atomic E-state index is 11.8. The fourth-order valence-electron chi connectivity index (χ4n) is 1.69. The Morgan fingerprint density at radius 2 is 1.95 bits per heavy atom. The van der Waals surface area contributed by atoms with E-state index in [-0.39, 0.29) is 0 Å². The third-order valence-corrected chi connectivity index (χ3v) is 3.16. The van der Waals surface area contributed by atoms with Crippen molar-refractivity contribution >= 4 is 28.0 Å². The molecule has 6 heteroatoms. The van der Waals surface area contributed by atoms with E-state index in [2.05, 4.69) is 21.2 Å². The molecule has 1 amide bonds. The van der Waals surface area contributed by atoms with Crippen molar-refractivity contribution in [3.8, 4) is 0 Å². The van der Waals surface area contributed by atoms with Gasteiger partial charge in [0.05, 0.1) is 0 Å². The van der Waals surface area contributed by atoms with Crippen molar-refractivity contribution in [1.82, 2.24) is 5.32 Å². The second kappa shape index (κ2) is 6.26. The molecular weight excluding hydrogens is 326 g/mol. The average Bonchev–Trinajstić information content (AvgIpc) is 2.24. The van der Waals surface area contributed by atoms with Crippen LogP contribution in [0.2, 0.25) is 0 Å². The molecule has 0 aromatic heterocycles. The first kappa shape index (κ1) is 16.5. The summed E-state index contributed by atoms with van der Waals surface area (Å²) in [7, 11) is 0. The normalized spacial score (nSPS) is 12.7. The molecule has 110 valence electrons. The lowest BCUT2D eigenvalue weighted by Crippen LogP contribution is -2.38. The standard InChI is InChI=1S/C14H18BrNO4/c1-8-6-5-7-9(15)10(8)11(12(17)18)16-13(19)20-14(2,3)4/h5-7,11H,1-4H3,(H,16,19)(H,17,18).